The van der Waals surface area contributed by atoms with E-state index in [9.17, 15) is 4.79 Å². The molecule has 1 aromatic carbocycles. The number of carbonyl (C=O) groups excluding carboxylic acids is 1. The summed E-state index contributed by atoms with van der Waals surface area (Å²) in [5.41, 5.74) is 1.12. The highest BCUT2D eigenvalue weighted by molar-refractivity contribution is 8.01. The van der Waals surface area contributed by atoms with Crippen molar-refractivity contribution in [2.45, 2.75) is 29.8 Å². The normalized spacial score (nSPS) is 16.8. The van der Waals surface area contributed by atoms with Crippen molar-refractivity contribution in [2.75, 3.05) is 44.1 Å². The average molecular weight is 421 g/mol. The lowest BCUT2D eigenvalue weighted by molar-refractivity contribution is -0.129. The molecule has 9 heteroatoms. The van der Waals surface area contributed by atoms with E-state index in [1.807, 2.05) is 29.2 Å². The zero-order valence-electron chi connectivity index (χ0n) is 15.9. The van der Waals surface area contributed by atoms with E-state index in [1.165, 1.54) is 11.8 Å². The predicted octanol–water partition coefficient (Wildman–Crippen LogP) is 2.67. The number of hydrogen-bond donors (Lipinski definition) is 0. The smallest absolute Gasteiger partial charge is 0.233 e. The zero-order chi connectivity index (χ0) is 19.3. The van der Waals surface area contributed by atoms with Crippen LogP contribution in [0.5, 0.6) is 5.75 Å². The molecule has 28 heavy (non-hydrogen) atoms. The van der Waals surface area contributed by atoms with Crippen LogP contribution in [0.4, 0.5) is 5.13 Å². The molecule has 0 radical (unpaired) electrons. The van der Waals surface area contributed by atoms with Crippen LogP contribution in [0.2, 0.25) is 0 Å². The van der Waals surface area contributed by atoms with Crippen molar-refractivity contribution in [3.8, 4) is 5.75 Å². The van der Waals surface area contributed by atoms with E-state index in [4.69, 9.17) is 9.47 Å². The Balaban J connectivity index is 1.32. The predicted molar refractivity (Wildman–Crippen MR) is 110 cm³/mol. The summed E-state index contributed by atoms with van der Waals surface area (Å²) in [6.07, 6.45) is 2.18. The number of hydrogen-bond acceptors (Lipinski definition) is 8. The number of nitrogens with zero attached hydrogens (tertiary/aromatic N) is 4. The third kappa shape index (κ3) is 4.95. The third-order valence-corrected chi connectivity index (χ3v) is 6.92. The quantitative estimate of drug-likeness (QED) is 0.608. The number of morpholine rings is 1. The maximum atomic E-state index is 12.8. The van der Waals surface area contributed by atoms with E-state index in [-0.39, 0.29) is 5.91 Å². The summed E-state index contributed by atoms with van der Waals surface area (Å²) < 4.78 is 11.4. The molecule has 0 N–H and O–H groups in total. The summed E-state index contributed by atoms with van der Waals surface area (Å²) in [5.74, 6) is 1.38. The highest BCUT2D eigenvalue weighted by atomic mass is 32.2. The Morgan fingerprint density at radius 1 is 1.29 bits per heavy atom. The number of thioether (sulfide) groups is 1. The van der Waals surface area contributed by atoms with E-state index in [1.54, 1.807) is 18.4 Å². The van der Waals surface area contributed by atoms with Gasteiger partial charge in [-0.25, -0.2) is 0 Å². The minimum atomic E-state index is 0.159. The number of anilines is 1. The van der Waals surface area contributed by atoms with Gasteiger partial charge in [-0.05, 0) is 30.5 Å². The monoisotopic (exact) mass is 420 g/mol. The standard InChI is InChI=1S/C19H24N4O3S2/c1-25-16-6-2-14(3-7-16)12-23(15-4-5-15)17(24)13-27-19-21-20-18(28-19)22-8-10-26-11-9-22/h2-3,6-7,15H,4-5,8-13H2,1H3. The topological polar surface area (TPSA) is 67.8 Å². The zero-order valence-corrected chi connectivity index (χ0v) is 17.5. The molecule has 0 unspecified atom stereocenters. The molecule has 7 nitrogen and oxygen atoms in total. The van der Waals surface area contributed by atoms with Gasteiger partial charge in [-0.3, -0.25) is 4.79 Å². The van der Waals surface area contributed by atoms with E-state index >= 15 is 0 Å². The maximum Gasteiger partial charge on any atom is 0.233 e. The van der Waals surface area contributed by atoms with Crippen molar-refractivity contribution in [3.05, 3.63) is 29.8 Å². The molecule has 1 saturated carbocycles. The summed E-state index contributed by atoms with van der Waals surface area (Å²) in [4.78, 5) is 17.0. The second-order valence-electron chi connectivity index (χ2n) is 6.84. The van der Waals surface area contributed by atoms with Gasteiger partial charge in [0.1, 0.15) is 5.75 Å². The lowest BCUT2D eigenvalue weighted by Crippen LogP contribution is -2.36. The highest BCUT2D eigenvalue weighted by Crippen LogP contribution is 2.32. The van der Waals surface area contributed by atoms with Gasteiger partial charge in [0.05, 0.1) is 26.1 Å². The van der Waals surface area contributed by atoms with E-state index in [0.29, 0.717) is 18.3 Å². The summed E-state index contributed by atoms with van der Waals surface area (Å²) in [6.45, 7) is 3.78. The number of ether oxygens (including phenoxy) is 2. The molecule has 0 spiro atoms. The Bertz CT molecular complexity index is 789. The first kappa shape index (κ1) is 19.5. The van der Waals surface area contributed by atoms with Crippen LogP contribution in [-0.2, 0) is 16.1 Å². The molecule has 2 aromatic rings. The van der Waals surface area contributed by atoms with Crippen molar-refractivity contribution in [1.82, 2.24) is 15.1 Å². The van der Waals surface area contributed by atoms with Gasteiger partial charge < -0.3 is 19.3 Å². The molecule has 0 bridgehead atoms. The van der Waals surface area contributed by atoms with Crippen LogP contribution in [0.1, 0.15) is 18.4 Å². The maximum absolute atomic E-state index is 12.8. The van der Waals surface area contributed by atoms with Crippen LogP contribution in [0.3, 0.4) is 0 Å². The summed E-state index contributed by atoms with van der Waals surface area (Å²) in [6, 6.07) is 8.29. The fourth-order valence-corrected chi connectivity index (χ4v) is 4.86. The van der Waals surface area contributed by atoms with Gasteiger partial charge in [-0.15, -0.1) is 10.2 Å². The molecule has 0 atom stereocenters. The van der Waals surface area contributed by atoms with Crippen molar-refractivity contribution in [3.63, 3.8) is 0 Å². The van der Waals surface area contributed by atoms with Crippen LogP contribution in [0, 0.1) is 0 Å². The fourth-order valence-electron chi connectivity index (χ4n) is 3.08. The minimum absolute atomic E-state index is 0.159. The van der Waals surface area contributed by atoms with E-state index in [0.717, 1.165) is 59.9 Å². The van der Waals surface area contributed by atoms with Gasteiger partial charge >= 0.3 is 0 Å². The van der Waals surface area contributed by atoms with Crippen LogP contribution in [-0.4, -0.2) is 66.2 Å². The second kappa shape index (κ2) is 9.11. The second-order valence-corrected chi connectivity index (χ2v) is 9.02. The molecule has 1 aromatic heterocycles. The van der Waals surface area contributed by atoms with Crippen LogP contribution in [0.15, 0.2) is 28.6 Å². The first-order valence-electron chi connectivity index (χ1n) is 9.44. The number of methoxy groups -OCH3 is 1. The Kier molecular flexibility index (Phi) is 6.33. The lowest BCUT2D eigenvalue weighted by Gasteiger charge is -2.25. The number of carbonyl (C=O) groups is 1. The van der Waals surface area contributed by atoms with E-state index in [2.05, 4.69) is 15.1 Å². The van der Waals surface area contributed by atoms with Gasteiger partial charge in [-0.1, -0.05) is 35.2 Å². The first-order valence-corrected chi connectivity index (χ1v) is 11.2. The van der Waals surface area contributed by atoms with Gasteiger partial charge in [0.15, 0.2) is 4.34 Å². The van der Waals surface area contributed by atoms with Gasteiger partial charge in [0, 0.05) is 25.7 Å². The first-order chi connectivity index (χ1) is 13.7. The minimum Gasteiger partial charge on any atom is -0.497 e. The largest absolute Gasteiger partial charge is 0.497 e. The molecular formula is C19H24N4O3S2. The Morgan fingerprint density at radius 2 is 2.04 bits per heavy atom. The summed E-state index contributed by atoms with van der Waals surface area (Å²) in [7, 11) is 1.66. The van der Waals surface area contributed by atoms with Crippen molar-refractivity contribution >= 4 is 34.1 Å². The van der Waals surface area contributed by atoms with Gasteiger partial charge in [-0.2, -0.15) is 0 Å². The fraction of sp³-hybridized carbons (Fsp3) is 0.526. The SMILES string of the molecule is COc1ccc(CN(C(=O)CSc2nnc(N3CCOCC3)s2)C2CC2)cc1. The molecule has 4 rings (SSSR count). The van der Waals surface area contributed by atoms with Gasteiger partial charge in [0.2, 0.25) is 11.0 Å². The Morgan fingerprint density at radius 3 is 2.71 bits per heavy atom. The van der Waals surface area contributed by atoms with Crippen molar-refractivity contribution in [2.24, 2.45) is 0 Å². The molecule has 1 aliphatic heterocycles. The lowest BCUT2D eigenvalue weighted by atomic mass is 10.2. The Hall–Kier alpha value is -1.84. The third-order valence-electron chi connectivity index (χ3n) is 4.82. The number of rotatable bonds is 8. The molecule has 2 heterocycles. The van der Waals surface area contributed by atoms with Crippen molar-refractivity contribution in [1.29, 1.82) is 0 Å². The molecule has 1 saturated heterocycles. The molecule has 150 valence electrons. The van der Waals surface area contributed by atoms with E-state index < -0.39 is 0 Å². The number of aromatic nitrogens is 2. The Labute approximate surface area is 173 Å². The summed E-state index contributed by atoms with van der Waals surface area (Å²) >= 11 is 3.03. The van der Waals surface area contributed by atoms with Crippen LogP contribution < -0.4 is 9.64 Å². The number of benzene rings is 1. The molecule has 2 fully saturated rings. The number of amides is 1. The van der Waals surface area contributed by atoms with Gasteiger partial charge in [0.25, 0.3) is 0 Å². The highest BCUT2D eigenvalue weighted by Gasteiger charge is 2.32. The molecular weight excluding hydrogens is 396 g/mol. The molecule has 2 aliphatic rings. The van der Waals surface area contributed by atoms with Crippen LogP contribution >= 0.6 is 23.1 Å². The van der Waals surface area contributed by atoms with Crippen LogP contribution in [0.25, 0.3) is 0 Å². The summed E-state index contributed by atoms with van der Waals surface area (Å²) in [5, 5.41) is 9.44. The van der Waals surface area contributed by atoms with Crippen molar-refractivity contribution < 1.29 is 14.3 Å². The average Bonchev–Trinajstić information content (AvgIpc) is 3.48. The molecule has 1 aliphatic carbocycles. The molecule has 1 amide bonds.